The minimum absolute atomic E-state index is 0.0294. The number of benzene rings is 1. The van der Waals surface area contributed by atoms with Gasteiger partial charge in [-0.15, -0.1) is 0 Å². The van der Waals surface area contributed by atoms with Crippen LogP contribution >= 0.6 is 0 Å². The molecule has 1 atom stereocenters. The largest absolute Gasteiger partial charge is 0.349 e. The first-order valence-electron chi connectivity index (χ1n) is 7.59. The molecule has 0 aliphatic heterocycles. The van der Waals surface area contributed by atoms with Gasteiger partial charge in [-0.2, -0.15) is 0 Å². The van der Waals surface area contributed by atoms with E-state index in [4.69, 9.17) is 0 Å². The SMILES string of the molecule is O=C(CC1C=CCC1)Nc1ccccc1C(=O)NC1CC1. The minimum Gasteiger partial charge on any atom is -0.349 e. The molecule has 0 heterocycles. The van der Waals surface area contributed by atoms with Crippen molar-refractivity contribution in [3.05, 3.63) is 42.0 Å². The molecule has 3 rings (SSSR count). The predicted molar refractivity (Wildman–Crippen MR) is 82.0 cm³/mol. The molecule has 2 amide bonds. The second-order valence-corrected chi connectivity index (χ2v) is 5.81. The first-order valence-corrected chi connectivity index (χ1v) is 7.59. The third-order valence-electron chi connectivity index (χ3n) is 3.92. The first kappa shape index (κ1) is 13.9. The molecular weight excluding hydrogens is 264 g/mol. The third kappa shape index (κ3) is 3.72. The van der Waals surface area contributed by atoms with Crippen molar-refractivity contribution in [3.63, 3.8) is 0 Å². The number of hydrogen-bond donors (Lipinski definition) is 2. The van der Waals surface area contributed by atoms with Gasteiger partial charge in [-0.25, -0.2) is 0 Å². The molecule has 0 spiro atoms. The molecule has 0 radical (unpaired) electrons. The highest BCUT2D eigenvalue weighted by Crippen LogP contribution is 2.23. The summed E-state index contributed by atoms with van der Waals surface area (Å²) in [6.07, 6.45) is 8.90. The molecule has 1 fully saturated rings. The van der Waals surface area contributed by atoms with E-state index in [1.807, 2.05) is 12.1 Å². The number of carbonyl (C=O) groups is 2. The van der Waals surface area contributed by atoms with Crippen LogP contribution in [0.25, 0.3) is 0 Å². The van der Waals surface area contributed by atoms with Crippen LogP contribution in [0.4, 0.5) is 5.69 Å². The highest BCUT2D eigenvalue weighted by Gasteiger charge is 2.25. The van der Waals surface area contributed by atoms with E-state index in [-0.39, 0.29) is 11.8 Å². The van der Waals surface area contributed by atoms with E-state index >= 15 is 0 Å². The summed E-state index contributed by atoms with van der Waals surface area (Å²) in [5.74, 6) is 0.199. The zero-order valence-corrected chi connectivity index (χ0v) is 12.0. The Bertz CT molecular complexity index is 576. The maximum Gasteiger partial charge on any atom is 0.253 e. The molecule has 1 aromatic rings. The lowest BCUT2D eigenvalue weighted by Crippen LogP contribution is -2.27. The first-order chi connectivity index (χ1) is 10.2. The van der Waals surface area contributed by atoms with Gasteiger partial charge in [0.1, 0.15) is 0 Å². The van der Waals surface area contributed by atoms with E-state index in [1.54, 1.807) is 12.1 Å². The normalized spacial score (nSPS) is 20.3. The van der Waals surface area contributed by atoms with Crippen LogP contribution < -0.4 is 10.6 Å². The van der Waals surface area contributed by atoms with Gasteiger partial charge in [0, 0.05) is 12.5 Å². The van der Waals surface area contributed by atoms with Crippen molar-refractivity contribution < 1.29 is 9.59 Å². The molecule has 0 aromatic heterocycles. The van der Waals surface area contributed by atoms with Gasteiger partial charge >= 0.3 is 0 Å². The minimum atomic E-state index is -0.103. The average Bonchev–Trinajstić information content (AvgIpc) is 3.13. The van der Waals surface area contributed by atoms with Crippen molar-refractivity contribution in [1.82, 2.24) is 5.32 Å². The fraction of sp³-hybridized carbons (Fsp3) is 0.412. The molecule has 2 aliphatic rings. The number of carbonyl (C=O) groups excluding carboxylic acids is 2. The molecule has 1 aromatic carbocycles. The zero-order chi connectivity index (χ0) is 14.7. The van der Waals surface area contributed by atoms with Gasteiger partial charge in [-0.1, -0.05) is 24.3 Å². The van der Waals surface area contributed by atoms with Gasteiger partial charge in [0.15, 0.2) is 0 Å². The lowest BCUT2D eigenvalue weighted by molar-refractivity contribution is -0.116. The quantitative estimate of drug-likeness (QED) is 0.817. The second kappa shape index (κ2) is 6.12. The Balaban J connectivity index is 1.64. The molecule has 2 aliphatic carbocycles. The number of allylic oxidation sites excluding steroid dienone is 2. The maximum atomic E-state index is 12.2. The zero-order valence-electron chi connectivity index (χ0n) is 12.0. The summed E-state index contributed by atoms with van der Waals surface area (Å²) in [6, 6.07) is 7.49. The number of anilines is 1. The fourth-order valence-electron chi connectivity index (χ4n) is 2.59. The van der Waals surface area contributed by atoms with Crippen LogP contribution in [0.5, 0.6) is 0 Å². The van der Waals surface area contributed by atoms with Crippen molar-refractivity contribution >= 4 is 17.5 Å². The van der Waals surface area contributed by atoms with Crippen molar-refractivity contribution in [2.24, 2.45) is 5.92 Å². The highest BCUT2D eigenvalue weighted by atomic mass is 16.2. The molecule has 21 heavy (non-hydrogen) atoms. The van der Waals surface area contributed by atoms with Gasteiger partial charge in [0.25, 0.3) is 5.91 Å². The molecule has 2 N–H and O–H groups in total. The Morgan fingerprint density at radius 2 is 1.95 bits per heavy atom. The summed E-state index contributed by atoms with van der Waals surface area (Å²) in [5, 5.41) is 5.83. The molecule has 4 heteroatoms. The molecular formula is C17H20N2O2. The highest BCUT2D eigenvalue weighted by molar-refractivity contribution is 6.04. The van der Waals surface area contributed by atoms with Crippen molar-refractivity contribution in [2.45, 2.75) is 38.1 Å². The molecule has 1 unspecified atom stereocenters. The van der Waals surface area contributed by atoms with Crippen molar-refractivity contribution in [3.8, 4) is 0 Å². The Kier molecular flexibility index (Phi) is 4.04. The van der Waals surface area contributed by atoms with Crippen LogP contribution in [0.2, 0.25) is 0 Å². The second-order valence-electron chi connectivity index (χ2n) is 5.81. The lowest BCUT2D eigenvalue weighted by Gasteiger charge is -2.12. The van der Waals surface area contributed by atoms with E-state index in [9.17, 15) is 9.59 Å². The monoisotopic (exact) mass is 284 g/mol. The van der Waals surface area contributed by atoms with Crippen LogP contribution in [0.1, 0.15) is 42.5 Å². The summed E-state index contributed by atoms with van der Waals surface area (Å²) in [7, 11) is 0. The summed E-state index contributed by atoms with van der Waals surface area (Å²) < 4.78 is 0. The maximum absolute atomic E-state index is 12.2. The predicted octanol–water partition coefficient (Wildman–Crippen LogP) is 2.87. The third-order valence-corrected chi connectivity index (χ3v) is 3.92. The molecule has 0 bridgehead atoms. The van der Waals surface area contributed by atoms with Crippen LogP contribution in [0.3, 0.4) is 0 Å². The van der Waals surface area contributed by atoms with Gasteiger partial charge < -0.3 is 10.6 Å². The van der Waals surface area contributed by atoms with Gasteiger partial charge in [0.2, 0.25) is 5.91 Å². The summed E-state index contributed by atoms with van der Waals surface area (Å²) in [6.45, 7) is 0. The van der Waals surface area contributed by atoms with Crippen LogP contribution in [-0.2, 0) is 4.79 Å². The van der Waals surface area contributed by atoms with E-state index in [0.717, 1.165) is 25.7 Å². The number of rotatable bonds is 5. The van der Waals surface area contributed by atoms with Gasteiger partial charge in [-0.3, -0.25) is 9.59 Å². The van der Waals surface area contributed by atoms with Crippen molar-refractivity contribution in [1.29, 1.82) is 0 Å². The Labute approximate surface area is 124 Å². The van der Waals surface area contributed by atoms with Gasteiger partial charge in [0.05, 0.1) is 11.3 Å². The van der Waals surface area contributed by atoms with E-state index in [0.29, 0.717) is 29.6 Å². The smallest absolute Gasteiger partial charge is 0.253 e. The van der Waals surface area contributed by atoms with E-state index in [1.165, 1.54) is 0 Å². The van der Waals surface area contributed by atoms with Crippen LogP contribution in [-0.4, -0.2) is 17.9 Å². The Morgan fingerprint density at radius 3 is 2.67 bits per heavy atom. The number of hydrogen-bond acceptors (Lipinski definition) is 2. The summed E-state index contributed by atoms with van der Waals surface area (Å²) in [5.41, 5.74) is 1.14. The van der Waals surface area contributed by atoms with Crippen LogP contribution in [0.15, 0.2) is 36.4 Å². The lowest BCUT2D eigenvalue weighted by atomic mass is 10.0. The average molecular weight is 284 g/mol. The van der Waals surface area contributed by atoms with Gasteiger partial charge in [-0.05, 0) is 43.7 Å². The number of para-hydroxylation sites is 1. The number of nitrogens with one attached hydrogen (secondary N) is 2. The standard InChI is InChI=1S/C17H20N2O2/c20-16(11-12-5-1-2-6-12)19-15-8-4-3-7-14(15)17(21)18-13-9-10-13/h1,3-5,7-8,12-13H,2,6,9-11H2,(H,18,21)(H,19,20). The molecule has 1 saturated carbocycles. The molecule has 0 saturated heterocycles. The molecule has 4 nitrogen and oxygen atoms in total. The van der Waals surface area contributed by atoms with Crippen molar-refractivity contribution in [2.75, 3.05) is 5.32 Å². The fourth-order valence-corrected chi connectivity index (χ4v) is 2.59. The van der Waals surface area contributed by atoms with E-state index in [2.05, 4.69) is 22.8 Å². The Hall–Kier alpha value is -2.10. The summed E-state index contributed by atoms with van der Waals surface area (Å²) in [4.78, 5) is 24.3. The Morgan fingerprint density at radius 1 is 1.14 bits per heavy atom. The molecule has 110 valence electrons. The summed E-state index contributed by atoms with van der Waals surface area (Å²) >= 11 is 0. The topological polar surface area (TPSA) is 58.2 Å². The van der Waals surface area contributed by atoms with E-state index < -0.39 is 0 Å². The van der Waals surface area contributed by atoms with Crippen LogP contribution in [0, 0.1) is 5.92 Å². The number of amides is 2.